The molecule has 0 radical (unpaired) electrons. The zero-order valence-corrected chi connectivity index (χ0v) is 15.2. The first-order chi connectivity index (χ1) is 12.6. The van der Waals surface area contributed by atoms with Crippen molar-refractivity contribution in [3.63, 3.8) is 0 Å². The van der Waals surface area contributed by atoms with Crippen molar-refractivity contribution >= 4 is 0 Å². The van der Waals surface area contributed by atoms with Crippen molar-refractivity contribution in [2.45, 2.75) is 19.1 Å². The van der Waals surface area contributed by atoms with Gasteiger partial charge in [0, 0.05) is 37.6 Å². The van der Waals surface area contributed by atoms with Gasteiger partial charge in [-0.15, -0.1) is 0 Å². The Morgan fingerprint density at radius 2 is 2.12 bits per heavy atom. The summed E-state index contributed by atoms with van der Waals surface area (Å²) in [7, 11) is 1.54. The number of benzene rings is 1. The molecule has 1 aliphatic rings. The van der Waals surface area contributed by atoms with E-state index in [0.717, 1.165) is 23.4 Å². The minimum Gasteiger partial charge on any atom is -0.490 e. The fraction of sp³-hybridized carbons (Fsp3) is 0.474. The summed E-state index contributed by atoms with van der Waals surface area (Å²) in [6, 6.07) is 8.13. The summed E-state index contributed by atoms with van der Waals surface area (Å²) < 4.78 is 16.4. The predicted octanol–water partition coefficient (Wildman–Crippen LogP) is 1.44. The minimum absolute atomic E-state index is 0.173. The average molecular weight is 359 g/mol. The highest BCUT2D eigenvalue weighted by Gasteiger charge is 2.33. The van der Waals surface area contributed by atoms with Crippen LogP contribution >= 0.6 is 0 Å². The van der Waals surface area contributed by atoms with Crippen LogP contribution in [0.4, 0.5) is 0 Å². The molecule has 0 spiro atoms. The van der Waals surface area contributed by atoms with Gasteiger partial charge in [0.2, 0.25) is 0 Å². The number of aromatic nitrogens is 2. The zero-order valence-electron chi connectivity index (χ0n) is 15.2. The van der Waals surface area contributed by atoms with Crippen LogP contribution in [0.1, 0.15) is 11.1 Å². The van der Waals surface area contributed by atoms with Crippen LogP contribution in [0.3, 0.4) is 0 Å². The van der Waals surface area contributed by atoms with Crippen molar-refractivity contribution in [2.75, 3.05) is 40.0 Å². The van der Waals surface area contributed by atoms with E-state index in [0.29, 0.717) is 25.7 Å². The number of ether oxygens (including phenoxy) is 3. The van der Waals surface area contributed by atoms with Crippen molar-refractivity contribution < 1.29 is 19.3 Å². The largest absolute Gasteiger partial charge is 0.490 e. The molecule has 1 aliphatic heterocycles. The van der Waals surface area contributed by atoms with E-state index in [1.54, 1.807) is 12.4 Å². The van der Waals surface area contributed by atoms with Crippen LogP contribution in [-0.4, -0.2) is 65.6 Å². The van der Waals surface area contributed by atoms with E-state index in [-0.39, 0.29) is 13.2 Å². The molecule has 3 rings (SSSR count). The standard InChI is InChI=1S/C19H25N3O4/c1-15-4-3-5-17(8-15)26-14-19(23)12-22(6-7-25-13-19)11-16-9-20-18(24-2)21-10-16/h3-5,8-10,23H,6-7,11-14H2,1-2H3. The number of hydrogen-bond donors (Lipinski definition) is 1. The van der Waals surface area contributed by atoms with Crippen LogP contribution < -0.4 is 9.47 Å². The minimum atomic E-state index is -1.08. The highest BCUT2D eigenvalue weighted by atomic mass is 16.5. The first kappa shape index (κ1) is 18.6. The molecular formula is C19H25N3O4. The van der Waals surface area contributed by atoms with Crippen molar-refractivity contribution in [3.8, 4) is 11.8 Å². The highest BCUT2D eigenvalue weighted by Crippen LogP contribution is 2.19. The Labute approximate surface area is 153 Å². The molecule has 0 aliphatic carbocycles. The molecule has 1 atom stereocenters. The lowest BCUT2D eigenvalue weighted by molar-refractivity contribution is -0.0646. The molecule has 26 heavy (non-hydrogen) atoms. The molecule has 7 heteroatoms. The third-order valence-corrected chi connectivity index (χ3v) is 4.21. The number of rotatable bonds is 6. The summed E-state index contributed by atoms with van der Waals surface area (Å²) in [5, 5.41) is 11.0. The molecule has 1 aromatic carbocycles. The SMILES string of the molecule is COc1ncc(CN2CCOCC(O)(COc3cccc(C)c3)C2)cn1. The van der Waals surface area contributed by atoms with Gasteiger partial charge in [-0.1, -0.05) is 12.1 Å². The Morgan fingerprint density at radius 3 is 2.85 bits per heavy atom. The van der Waals surface area contributed by atoms with Crippen molar-refractivity contribution in [3.05, 3.63) is 47.8 Å². The molecule has 0 amide bonds. The van der Waals surface area contributed by atoms with Crippen LogP contribution in [0.5, 0.6) is 11.8 Å². The van der Waals surface area contributed by atoms with Gasteiger partial charge in [-0.2, -0.15) is 0 Å². The maximum absolute atomic E-state index is 11.0. The van der Waals surface area contributed by atoms with Crippen molar-refractivity contribution in [2.24, 2.45) is 0 Å². The van der Waals surface area contributed by atoms with Gasteiger partial charge in [0.25, 0.3) is 0 Å². The van der Waals surface area contributed by atoms with E-state index in [4.69, 9.17) is 14.2 Å². The van der Waals surface area contributed by atoms with Crippen LogP contribution in [0.25, 0.3) is 0 Å². The molecule has 1 fully saturated rings. The number of β-amino-alcohol motifs (C(OH)–C–C–N with tert-alkyl or cyclic N) is 1. The second-order valence-electron chi connectivity index (χ2n) is 6.67. The first-order valence-corrected chi connectivity index (χ1v) is 8.63. The maximum atomic E-state index is 11.0. The van der Waals surface area contributed by atoms with Gasteiger partial charge in [-0.05, 0) is 24.6 Å². The number of aryl methyl sites for hydroxylation is 1. The maximum Gasteiger partial charge on any atom is 0.316 e. The highest BCUT2D eigenvalue weighted by molar-refractivity contribution is 5.27. The Kier molecular flexibility index (Phi) is 6.03. The van der Waals surface area contributed by atoms with Crippen LogP contribution in [0, 0.1) is 6.92 Å². The van der Waals surface area contributed by atoms with E-state index in [2.05, 4.69) is 14.9 Å². The van der Waals surface area contributed by atoms with E-state index in [9.17, 15) is 5.11 Å². The third kappa shape index (κ3) is 5.14. The van der Waals surface area contributed by atoms with Gasteiger partial charge < -0.3 is 19.3 Å². The quantitative estimate of drug-likeness (QED) is 0.836. The monoisotopic (exact) mass is 359 g/mol. The molecule has 1 saturated heterocycles. The summed E-state index contributed by atoms with van der Waals surface area (Å²) in [4.78, 5) is 10.4. The smallest absolute Gasteiger partial charge is 0.316 e. The Balaban J connectivity index is 1.61. The molecule has 1 unspecified atom stereocenters. The molecule has 7 nitrogen and oxygen atoms in total. The predicted molar refractivity (Wildman–Crippen MR) is 96.3 cm³/mol. The average Bonchev–Trinajstić information content (AvgIpc) is 2.82. The molecule has 1 N–H and O–H groups in total. The number of methoxy groups -OCH3 is 1. The van der Waals surface area contributed by atoms with E-state index >= 15 is 0 Å². The van der Waals surface area contributed by atoms with E-state index in [1.807, 2.05) is 31.2 Å². The lowest BCUT2D eigenvalue weighted by atomic mass is 10.1. The van der Waals surface area contributed by atoms with Gasteiger partial charge in [0.15, 0.2) is 0 Å². The normalized spacial score (nSPS) is 21.2. The van der Waals surface area contributed by atoms with E-state index in [1.165, 1.54) is 7.11 Å². The van der Waals surface area contributed by atoms with Gasteiger partial charge in [-0.3, -0.25) is 4.90 Å². The summed E-state index contributed by atoms with van der Waals surface area (Å²) in [6.45, 7) is 4.78. The Hall–Kier alpha value is -2.22. The Morgan fingerprint density at radius 1 is 1.31 bits per heavy atom. The molecule has 2 aromatic rings. The third-order valence-electron chi connectivity index (χ3n) is 4.21. The summed E-state index contributed by atoms with van der Waals surface area (Å²) in [5.74, 6) is 0.748. The number of aliphatic hydroxyl groups is 1. The second-order valence-corrected chi connectivity index (χ2v) is 6.67. The van der Waals surface area contributed by atoms with Gasteiger partial charge in [0.1, 0.15) is 18.0 Å². The van der Waals surface area contributed by atoms with Crippen LogP contribution in [-0.2, 0) is 11.3 Å². The van der Waals surface area contributed by atoms with Gasteiger partial charge in [-0.25, -0.2) is 9.97 Å². The van der Waals surface area contributed by atoms with Crippen molar-refractivity contribution in [1.29, 1.82) is 0 Å². The zero-order chi connectivity index (χ0) is 18.4. The molecule has 140 valence electrons. The number of hydrogen-bond acceptors (Lipinski definition) is 7. The van der Waals surface area contributed by atoms with E-state index < -0.39 is 5.60 Å². The van der Waals surface area contributed by atoms with Gasteiger partial charge >= 0.3 is 6.01 Å². The van der Waals surface area contributed by atoms with Crippen molar-refractivity contribution in [1.82, 2.24) is 14.9 Å². The molecule has 0 bridgehead atoms. The summed E-state index contributed by atoms with van der Waals surface area (Å²) >= 11 is 0. The Bertz CT molecular complexity index is 710. The fourth-order valence-electron chi connectivity index (χ4n) is 2.93. The molecule has 1 aromatic heterocycles. The molecule has 2 heterocycles. The first-order valence-electron chi connectivity index (χ1n) is 8.63. The topological polar surface area (TPSA) is 76.9 Å². The molecule has 0 saturated carbocycles. The van der Waals surface area contributed by atoms with Gasteiger partial charge in [0.05, 0.1) is 20.3 Å². The van der Waals surface area contributed by atoms with Crippen LogP contribution in [0.2, 0.25) is 0 Å². The summed E-state index contributed by atoms with van der Waals surface area (Å²) in [5.41, 5.74) is 0.996. The second kappa shape index (κ2) is 8.44. The lowest BCUT2D eigenvalue weighted by Crippen LogP contribution is -2.48. The fourth-order valence-corrected chi connectivity index (χ4v) is 2.93. The number of nitrogens with zero attached hydrogens (tertiary/aromatic N) is 3. The summed E-state index contributed by atoms with van der Waals surface area (Å²) in [6.07, 6.45) is 3.47. The lowest BCUT2D eigenvalue weighted by Gasteiger charge is -2.30. The molecular weight excluding hydrogens is 334 g/mol. The van der Waals surface area contributed by atoms with Crippen LogP contribution in [0.15, 0.2) is 36.7 Å².